The van der Waals surface area contributed by atoms with Gasteiger partial charge in [-0.1, -0.05) is 46.4 Å². The van der Waals surface area contributed by atoms with Gasteiger partial charge in [0.15, 0.2) is 0 Å². The molecular formula is C13H8Cl4N2O. The van der Waals surface area contributed by atoms with Gasteiger partial charge in [-0.05, 0) is 30.3 Å². The van der Waals surface area contributed by atoms with E-state index in [4.69, 9.17) is 52.1 Å². The summed E-state index contributed by atoms with van der Waals surface area (Å²) in [5.74, 6) is -0.442. The number of hydrogen-bond acceptors (Lipinski definition) is 2. The van der Waals surface area contributed by atoms with Gasteiger partial charge in [-0.15, -0.1) is 0 Å². The topological polar surface area (TPSA) is 55.1 Å². The number of benzene rings is 2. The molecule has 0 unspecified atom stereocenters. The molecule has 0 atom stereocenters. The molecule has 0 aliphatic rings. The Morgan fingerprint density at radius 1 is 0.950 bits per heavy atom. The van der Waals surface area contributed by atoms with Crippen LogP contribution in [0, 0.1) is 0 Å². The summed E-state index contributed by atoms with van der Waals surface area (Å²) >= 11 is 23.5. The molecule has 20 heavy (non-hydrogen) atoms. The van der Waals surface area contributed by atoms with E-state index in [2.05, 4.69) is 5.32 Å². The lowest BCUT2D eigenvalue weighted by Gasteiger charge is -2.09. The second-order valence-electron chi connectivity index (χ2n) is 3.95. The van der Waals surface area contributed by atoms with E-state index < -0.39 is 5.91 Å². The highest BCUT2D eigenvalue weighted by molar-refractivity contribution is 6.44. The lowest BCUT2D eigenvalue weighted by Crippen LogP contribution is -2.13. The van der Waals surface area contributed by atoms with E-state index in [1.807, 2.05) is 0 Å². The Balaban J connectivity index is 2.30. The Labute approximate surface area is 135 Å². The summed E-state index contributed by atoms with van der Waals surface area (Å²) in [5.41, 5.74) is 6.66. The van der Waals surface area contributed by atoms with Gasteiger partial charge in [0.25, 0.3) is 5.91 Å². The molecule has 0 heterocycles. The summed E-state index contributed by atoms with van der Waals surface area (Å²) in [6.45, 7) is 0. The second-order valence-corrected chi connectivity index (χ2v) is 5.55. The van der Waals surface area contributed by atoms with Gasteiger partial charge in [-0.3, -0.25) is 4.79 Å². The highest BCUT2D eigenvalue weighted by atomic mass is 35.5. The van der Waals surface area contributed by atoms with E-state index in [9.17, 15) is 4.79 Å². The summed E-state index contributed by atoms with van der Waals surface area (Å²) in [5, 5.41) is 3.72. The van der Waals surface area contributed by atoms with Crippen LogP contribution in [0.5, 0.6) is 0 Å². The Bertz CT molecular complexity index is 688. The number of amides is 1. The molecule has 0 saturated carbocycles. The first-order chi connectivity index (χ1) is 9.38. The normalized spacial score (nSPS) is 10.4. The van der Waals surface area contributed by atoms with Crippen LogP contribution in [0.25, 0.3) is 0 Å². The summed E-state index contributed by atoms with van der Waals surface area (Å²) in [7, 11) is 0. The summed E-state index contributed by atoms with van der Waals surface area (Å²) in [4.78, 5) is 12.1. The lowest BCUT2D eigenvalue weighted by molar-refractivity contribution is 0.102. The summed E-state index contributed by atoms with van der Waals surface area (Å²) in [6, 6.07) is 7.64. The highest BCUT2D eigenvalue weighted by Gasteiger charge is 2.14. The standard InChI is InChI=1S/C13H8Cl4N2O/c14-9-2-1-7(5-10(9)15)19-13(20)8-3-6(18)4-11(16)12(8)17/h1-5H,18H2,(H,19,20). The molecule has 0 bridgehead atoms. The minimum Gasteiger partial charge on any atom is -0.399 e. The Kier molecular flexibility index (Phi) is 4.66. The van der Waals surface area contributed by atoms with Crippen molar-refractivity contribution in [3.63, 3.8) is 0 Å². The molecule has 0 aromatic heterocycles. The van der Waals surface area contributed by atoms with Gasteiger partial charge in [0.1, 0.15) is 0 Å². The van der Waals surface area contributed by atoms with Gasteiger partial charge in [0.2, 0.25) is 0 Å². The summed E-state index contributed by atoms with van der Waals surface area (Å²) < 4.78 is 0. The van der Waals surface area contributed by atoms with Crippen molar-refractivity contribution in [1.82, 2.24) is 0 Å². The number of anilines is 2. The molecular weight excluding hydrogens is 342 g/mol. The first kappa shape index (κ1) is 15.3. The number of nitrogens with two attached hydrogens (primary N) is 1. The molecule has 2 aromatic carbocycles. The molecule has 2 aromatic rings. The van der Waals surface area contributed by atoms with Crippen LogP contribution in [-0.2, 0) is 0 Å². The molecule has 0 saturated heterocycles. The van der Waals surface area contributed by atoms with Crippen LogP contribution in [0.2, 0.25) is 20.1 Å². The number of nitrogens with one attached hydrogen (secondary N) is 1. The van der Waals surface area contributed by atoms with E-state index in [0.717, 1.165) is 0 Å². The quantitative estimate of drug-likeness (QED) is 0.738. The van der Waals surface area contributed by atoms with Crippen LogP contribution in [0.1, 0.15) is 10.4 Å². The number of hydrogen-bond donors (Lipinski definition) is 2. The molecule has 1 amide bonds. The predicted octanol–water partition coefficient (Wildman–Crippen LogP) is 5.13. The van der Waals surface area contributed by atoms with Gasteiger partial charge in [-0.2, -0.15) is 0 Å². The third-order valence-electron chi connectivity index (χ3n) is 2.47. The van der Waals surface area contributed by atoms with E-state index in [1.54, 1.807) is 12.1 Å². The van der Waals surface area contributed by atoms with Crippen LogP contribution < -0.4 is 11.1 Å². The monoisotopic (exact) mass is 348 g/mol. The average molecular weight is 350 g/mol. The molecule has 7 heteroatoms. The third-order valence-corrected chi connectivity index (χ3v) is 4.01. The fraction of sp³-hybridized carbons (Fsp3) is 0. The van der Waals surface area contributed by atoms with Gasteiger partial charge in [0, 0.05) is 11.4 Å². The van der Waals surface area contributed by atoms with Crippen molar-refractivity contribution in [2.75, 3.05) is 11.1 Å². The zero-order valence-electron chi connectivity index (χ0n) is 9.88. The number of carbonyl (C=O) groups is 1. The highest BCUT2D eigenvalue weighted by Crippen LogP contribution is 2.30. The van der Waals surface area contributed by atoms with Gasteiger partial charge < -0.3 is 11.1 Å². The van der Waals surface area contributed by atoms with Gasteiger partial charge >= 0.3 is 0 Å². The third kappa shape index (κ3) is 3.30. The minimum absolute atomic E-state index is 0.137. The fourth-order valence-corrected chi connectivity index (χ4v) is 2.27. The van der Waals surface area contributed by atoms with Crippen molar-refractivity contribution in [3.8, 4) is 0 Å². The SMILES string of the molecule is Nc1cc(Cl)c(Cl)c(C(=O)Nc2ccc(Cl)c(Cl)c2)c1. The van der Waals surface area contributed by atoms with Gasteiger partial charge in [0.05, 0.1) is 25.7 Å². The first-order valence-corrected chi connectivity index (χ1v) is 6.90. The molecule has 3 N–H and O–H groups in total. The molecule has 0 radical (unpaired) electrons. The Hall–Kier alpha value is -1.13. The largest absolute Gasteiger partial charge is 0.399 e. The van der Waals surface area contributed by atoms with E-state index in [0.29, 0.717) is 21.4 Å². The second kappa shape index (κ2) is 6.10. The van der Waals surface area contributed by atoms with Crippen molar-refractivity contribution in [3.05, 3.63) is 56.0 Å². The van der Waals surface area contributed by atoms with Crippen LogP contribution >= 0.6 is 46.4 Å². The molecule has 2 rings (SSSR count). The van der Waals surface area contributed by atoms with Crippen LogP contribution in [0.15, 0.2) is 30.3 Å². The Morgan fingerprint density at radius 3 is 2.30 bits per heavy atom. The van der Waals surface area contributed by atoms with Crippen molar-refractivity contribution in [2.24, 2.45) is 0 Å². The van der Waals surface area contributed by atoms with Crippen LogP contribution in [0.3, 0.4) is 0 Å². The maximum absolute atomic E-state index is 12.1. The molecule has 0 spiro atoms. The Morgan fingerprint density at radius 2 is 1.65 bits per heavy atom. The van der Waals surface area contributed by atoms with E-state index >= 15 is 0 Å². The predicted molar refractivity (Wildman–Crippen MR) is 85.3 cm³/mol. The first-order valence-electron chi connectivity index (χ1n) is 5.39. The van der Waals surface area contributed by atoms with Crippen molar-refractivity contribution >= 4 is 63.7 Å². The van der Waals surface area contributed by atoms with Crippen LogP contribution in [-0.4, -0.2) is 5.91 Å². The average Bonchev–Trinajstić information content (AvgIpc) is 2.38. The van der Waals surface area contributed by atoms with Crippen molar-refractivity contribution in [1.29, 1.82) is 0 Å². The van der Waals surface area contributed by atoms with Crippen molar-refractivity contribution in [2.45, 2.75) is 0 Å². The van der Waals surface area contributed by atoms with Crippen LogP contribution in [0.4, 0.5) is 11.4 Å². The molecule has 3 nitrogen and oxygen atoms in total. The smallest absolute Gasteiger partial charge is 0.257 e. The number of nitrogen functional groups attached to an aromatic ring is 1. The fourth-order valence-electron chi connectivity index (χ4n) is 1.55. The maximum atomic E-state index is 12.1. The number of rotatable bonds is 2. The molecule has 0 fully saturated rings. The minimum atomic E-state index is -0.442. The van der Waals surface area contributed by atoms with Gasteiger partial charge in [-0.25, -0.2) is 0 Å². The number of carbonyl (C=O) groups excluding carboxylic acids is 1. The van der Waals surface area contributed by atoms with E-state index in [1.165, 1.54) is 18.2 Å². The molecule has 0 aliphatic heterocycles. The molecule has 104 valence electrons. The maximum Gasteiger partial charge on any atom is 0.257 e. The number of halogens is 4. The zero-order valence-corrected chi connectivity index (χ0v) is 12.9. The lowest BCUT2D eigenvalue weighted by atomic mass is 10.2. The molecule has 0 aliphatic carbocycles. The zero-order chi connectivity index (χ0) is 14.9. The summed E-state index contributed by atoms with van der Waals surface area (Å²) in [6.07, 6.45) is 0. The van der Waals surface area contributed by atoms with E-state index in [-0.39, 0.29) is 15.6 Å². The van der Waals surface area contributed by atoms with Crippen molar-refractivity contribution < 1.29 is 4.79 Å².